The van der Waals surface area contributed by atoms with Gasteiger partial charge in [0.25, 0.3) is 5.91 Å². The van der Waals surface area contributed by atoms with Crippen LogP contribution in [0.3, 0.4) is 0 Å². The SMILES string of the molecule is CCn1ccnc1-c1cccc(NC(=O)C2(O)CCSCC2)c1. The smallest absolute Gasteiger partial charge is 0.256 e. The number of thioether (sulfide) groups is 1. The number of imidazole rings is 1. The van der Waals surface area contributed by atoms with Gasteiger partial charge in [0.1, 0.15) is 11.4 Å². The number of aromatic nitrogens is 2. The molecule has 0 saturated carbocycles. The molecular formula is C17H21N3O2S. The second-order valence-corrected chi connectivity index (χ2v) is 6.94. The summed E-state index contributed by atoms with van der Waals surface area (Å²) in [5, 5.41) is 13.4. The van der Waals surface area contributed by atoms with Crippen molar-refractivity contribution < 1.29 is 9.90 Å². The summed E-state index contributed by atoms with van der Waals surface area (Å²) in [6.07, 6.45) is 4.71. The quantitative estimate of drug-likeness (QED) is 0.904. The third-order valence-corrected chi connectivity index (χ3v) is 5.16. The van der Waals surface area contributed by atoms with Gasteiger partial charge < -0.3 is 15.0 Å². The summed E-state index contributed by atoms with van der Waals surface area (Å²) in [4.78, 5) is 16.8. The first kappa shape index (κ1) is 16.1. The van der Waals surface area contributed by atoms with E-state index in [-0.39, 0.29) is 5.91 Å². The van der Waals surface area contributed by atoms with Crippen molar-refractivity contribution in [1.82, 2.24) is 9.55 Å². The molecular weight excluding hydrogens is 310 g/mol. The minimum absolute atomic E-state index is 0.311. The molecule has 2 aromatic rings. The number of nitrogens with zero attached hydrogens (tertiary/aromatic N) is 2. The number of hydrogen-bond acceptors (Lipinski definition) is 4. The van der Waals surface area contributed by atoms with Crippen molar-refractivity contribution in [2.45, 2.75) is 31.9 Å². The molecule has 1 fully saturated rings. The molecule has 0 bridgehead atoms. The van der Waals surface area contributed by atoms with Crippen molar-refractivity contribution in [2.24, 2.45) is 0 Å². The third-order valence-electron chi connectivity index (χ3n) is 4.18. The number of aliphatic hydroxyl groups is 1. The summed E-state index contributed by atoms with van der Waals surface area (Å²) in [5.41, 5.74) is 0.383. The first-order valence-corrected chi connectivity index (χ1v) is 9.01. The molecule has 0 atom stereocenters. The second-order valence-electron chi connectivity index (χ2n) is 5.72. The van der Waals surface area contributed by atoms with Crippen LogP contribution in [0.5, 0.6) is 0 Å². The molecule has 1 aromatic heterocycles. The summed E-state index contributed by atoms with van der Waals surface area (Å²) in [6, 6.07) is 7.59. The lowest BCUT2D eigenvalue weighted by Gasteiger charge is -2.30. The Balaban J connectivity index is 1.79. The zero-order chi connectivity index (χ0) is 16.3. The molecule has 0 aliphatic carbocycles. The van der Waals surface area contributed by atoms with Crippen LogP contribution in [0.2, 0.25) is 0 Å². The zero-order valence-electron chi connectivity index (χ0n) is 13.2. The fraction of sp³-hybridized carbons (Fsp3) is 0.412. The van der Waals surface area contributed by atoms with Gasteiger partial charge in [0.05, 0.1) is 0 Å². The summed E-state index contributed by atoms with van der Waals surface area (Å²) >= 11 is 1.77. The van der Waals surface area contributed by atoms with E-state index in [2.05, 4.69) is 17.2 Å². The van der Waals surface area contributed by atoms with E-state index in [0.29, 0.717) is 18.5 Å². The van der Waals surface area contributed by atoms with E-state index in [1.165, 1.54) is 0 Å². The third kappa shape index (κ3) is 3.43. The topological polar surface area (TPSA) is 67.2 Å². The monoisotopic (exact) mass is 331 g/mol. The summed E-state index contributed by atoms with van der Waals surface area (Å²) < 4.78 is 2.05. The lowest BCUT2D eigenvalue weighted by molar-refractivity contribution is -0.134. The molecule has 5 nitrogen and oxygen atoms in total. The maximum Gasteiger partial charge on any atom is 0.256 e. The standard InChI is InChI=1S/C17H21N3O2S/c1-2-20-9-8-18-15(20)13-4-3-5-14(12-13)19-16(21)17(22)6-10-23-11-7-17/h3-5,8-9,12,22H,2,6-7,10-11H2,1H3,(H,19,21). The van der Waals surface area contributed by atoms with Crippen LogP contribution < -0.4 is 5.32 Å². The van der Waals surface area contributed by atoms with Crippen LogP contribution in [-0.4, -0.2) is 37.7 Å². The molecule has 1 aromatic carbocycles. The van der Waals surface area contributed by atoms with Gasteiger partial charge >= 0.3 is 0 Å². The van der Waals surface area contributed by atoms with E-state index in [1.807, 2.05) is 35.0 Å². The molecule has 2 heterocycles. The van der Waals surface area contributed by atoms with Crippen molar-refractivity contribution in [1.29, 1.82) is 0 Å². The second kappa shape index (κ2) is 6.76. The van der Waals surface area contributed by atoms with Gasteiger partial charge in [-0.2, -0.15) is 11.8 Å². The number of hydrogen-bond donors (Lipinski definition) is 2. The van der Waals surface area contributed by atoms with Crippen LogP contribution in [0, 0.1) is 0 Å². The lowest BCUT2D eigenvalue weighted by Crippen LogP contribution is -2.45. The zero-order valence-corrected chi connectivity index (χ0v) is 14.0. The molecule has 2 N–H and O–H groups in total. The van der Waals surface area contributed by atoms with E-state index < -0.39 is 5.60 Å². The molecule has 6 heteroatoms. The van der Waals surface area contributed by atoms with Gasteiger partial charge in [-0.3, -0.25) is 4.79 Å². The van der Waals surface area contributed by atoms with Crippen molar-refractivity contribution in [3.05, 3.63) is 36.7 Å². The fourth-order valence-corrected chi connectivity index (χ4v) is 3.91. The van der Waals surface area contributed by atoms with E-state index in [1.54, 1.807) is 18.0 Å². The van der Waals surface area contributed by atoms with Crippen molar-refractivity contribution >= 4 is 23.4 Å². The van der Waals surface area contributed by atoms with Gasteiger partial charge in [0, 0.05) is 30.2 Å². The van der Waals surface area contributed by atoms with Crippen LogP contribution in [0.25, 0.3) is 11.4 Å². The van der Waals surface area contributed by atoms with Crippen LogP contribution in [0.15, 0.2) is 36.7 Å². The molecule has 122 valence electrons. The molecule has 0 radical (unpaired) electrons. The predicted octanol–water partition coefficient (Wildman–Crippen LogP) is 2.77. The number of rotatable bonds is 4. The highest BCUT2D eigenvalue weighted by atomic mass is 32.2. The number of aryl methyl sites for hydroxylation is 1. The molecule has 1 saturated heterocycles. The molecule has 0 spiro atoms. The minimum atomic E-state index is -1.25. The average molecular weight is 331 g/mol. The Labute approximate surface area is 140 Å². The largest absolute Gasteiger partial charge is 0.380 e. The van der Waals surface area contributed by atoms with Crippen LogP contribution >= 0.6 is 11.8 Å². The van der Waals surface area contributed by atoms with Crippen LogP contribution in [0.1, 0.15) is 19.8 Å². The van der Waals surface area contributed by atoms with Crippen molar-refractivity contribution in [3.8, 4) is 11.4 Å². The number of amides is 1. The van der Waals surface area contributed by atoms with Gasteiger partial charge in [-0.15, -0.1) is 0 Å². The van der Waals surface area contributed by atoms with Gasteiger partial charge in [0.2, 0.25) is 0 Å². The minimum Gasteiger partial charge on any atom is -0.380 e. The first-order chi connectivity index (χ1) is 11.1. The Bertz CT molecular complexity index is 693. The molecule has 0 unspecified atom stereocenters. The van der Waals surface area contributed by atoms with Crippen LogP contribution in [-0.2, 0) is 11.3 Å². The van der Waals surface area contributed by atoms with Crippen molar-refractivity contribution in [2.75, 3.05) is 16.8 Å². The predicted molar refractivity (Wildman–Crippen MR) is 93.5 cm³/mol. The normalized spacial score (nSPS) is 17.0. The molecule has 23 heavy (non-hydrogen) atoms. The Kier molecular flexibility index (Phi) is 4.73. The summed E-state index contributed by atoms with van der Waals surface area (Å²) in [7, 11) is 0. The number of anilines is 1. The molecule has 3 rings (SSSR count). The van der Waals surface area contributed by atoms with Gasteiger partial charge in [0.15, 0.2) is 0 Å². The highest BCUT2D eigenvalue weighted by Gasteiger charge is 2.37. The highest BCUT2D eigenvalue weighted by molar-refractivity contribution is 7.99. The summed E-state index contributed by atoms with van der Waals surface area (Å²) in [5.74, 6) is 2.20. The number of carbonyl (C=O) groups is 1. The molecule has 1 amide bonds. The Morgan fingerprint density at radius 2 is 2.22 bits per heavy atom. The molecule has 1 aliphatic rings. The lowest BCUT2D eigenvalue weighted by atomic mass is 9.95. The Morgan fingerprint density at radius 3 is 2.96 bits per heavy atom. The van der Waals surface area contributed by atoms with Gasteiger partial charge in [-0.1, -0.05) is 12.1 Å². The van der Waals surface area contributed by atoms with Crippen molar-refractivity contribution in [3.63, 3.8) is 0 Å². The van der Waals surface area contributed by atoms with Gasteiger partial charge in [-0.25, -0.2) is 4.98 Å². The maximum absolute atomic E-state index is 12.4. The van der Waals surface area contributed by atoms with E-state index in [4.69, 9.17) is 0 Å². The van der Waals surface area contributed by atoms with E-state index in [9.17, 15) is 9.90 Å². The Hall–Kier alpha value is -1.79. The highest BCUT2D eigenvalue weighted by Crippen LogP contribution is 2.29. The van der Waals surface area contributed by atoms with E-state index >= 15 is 0 Å². The maximum atomic E-state index is 12.4. The number of carbonyl (C=O) groups excluding carboxylic acids is 1. The van der Waals surface area contributed by atoms with Crippen LogP contribution in [0.4, 0.5) is 5.69 Å². The number of nitrogens with one attached hydrogen (secondary N) is 1. The van der Waals surface area contributed by atoms with Gasteiger partial charge in [-0.05, 0) is 43.4 Å². The average Bonchev–Trinajstić information content (AvgIpc) is 3.04. The Morgan fingerprint density at radius 1 is 1.43 bits per heavy atom. The number of benzene rings is 1. The fourth-order valence-electron chi connectivity index (χ4n) is 2.74. The molecule has 1 aliphatic heterocycles. The summed E-state index contributed by atoms with van der Waals surface area (Å²) in [6.45, 7) is 2.90. The van der Waals surface area contributed by atoms with E-state index in [0.717, 1.165) is 29.4 Å². The first-order valence-electron chi connectivity index (χ1n) is 7.85.